The van der Waals surface area contributed by atoms with Crippen LogP contribution in [0.25, 0.3) is 0 Å². The van der Waals surface area contributed by atoms with Crippen molar-refractivity contribution in [3.05, 3.63) is 41.9 Å². The van der Waals surface area contributed by atoms with Crippen LogP contribution in [0.4, 0.5) is 5.82 Å². The lowest BCUT2D eigenvalue weighted by molar-refractivity contribution is 0.0944. The van der Waals surface area contributed by atoms with Crippen LogP contribution in [0.2, 0.25) is 0 Å². The number of nitriles is 1. The largest absolute Gasteiger partial charge is 0.493 e. The van der Waals surface area contributed by atoms with E-state index in [4.69, 9.17) is 9.47 Å². The molecule has 2 heterocycles. The lowest BCUT2D eigenvalue weighted by Crippen LogP contribution is -2.39. The SMILES string of the molecule is COc1ccc(C(=O)NCC2CCN(c3nccnc3C#N)CC2)cc1OC. The standard InChI is InChI=1S/C20H23N5O3/c1-27-17-4-3-15(11-18(17)28-2)20(26)24-13-14-5-9-25(10-6-14)19-16(12-21)22-7-8-23-19/h3-4,7-8,11,14H,5-6,9-10,13H2,1-2H3,(H,24,26). The zero-order valence-corrected chi connectivity index (χ0v) is 16.0. The summed E-state index contributed by atoms with van der Waals surface area (Å²) < 4.78 is 10.4. The van der Waals surface area contributed by atoms with E-state index in [2.05, 4.69) is 26.3 Å². The number of methoxy groups -OCH3 is 2. The molecule has 1 aromatic heterocycles. The van der Waals surface area contributed by atoms with E-state index in [1.54, 1.807) is 38.6 Å². The molecule has 1 aromatic carbocycles. The van der Waals surface area contributed by atoms with Crippen molar-refractivity contribution in [3.8, 4) is 17.6 Å². The minimum absolute atomic E-state index is 0.135. The van der Waals surface area contributed by atoms with E-state index in [9.17, 15) is 10.1 Å². The molecule has 1 amide bonds. The Kier molecular flexibility index (Phi) is 6.27. The summed E-state index contributed by atoms with van der Waals surface area (Å²) in [4.78, 5) is 22.9. The number of nitrogens with zero attached hydrogens (tertiary/aromatic N) is 4. The van der Waals surface area contributed by atoms with E-state index in [1.807, 2.05) is 0 Å². The first-order chi connectivity index (χ1) is 13.7. The zero-order chi connectivity index (χ0) is 19.9. The normalized spacial score (nSPS) is 14.2. The van der Waals surface area contributed by atoms with Gasteiger partial charge in [-0.15, -0.1) is 0 Å². The lowest BCUT2D eigenvalue weighted by atomic mass is 9.96. The summed E-state index contributed by atoms with van der Waals surface area (Å²) in [5, 5.41) is 12.2. The maximum absolute atomic E-state index is 12.5. The minimum Gasteiger partial charge on any atom is -0.493 e. The van der Waals surface area contributed by atoms with Crippen molar-refractivity contribution < 1.29 is 14.3 Å². The Bertz CT molecular complexity index is 872. The van der Waals surface area contributed by atoms with Crippen molar-refractivity contribution in [1.29, 1.82) is 5.26 Å². The third-order valence-corrected chi connectivity index (χ3v) is 4.90. The Morgan fingerprint density at radius 2 is 1.93 bits per heavy atom. The van der Waals surface area contributed by atoms with Crippen molar-refractivity contribution in [2.45, 2.75) is 12.8 Å². The number of rotatable bonds is 6. The molecular weight excluding hydrogens is 358 g/mol. The van der Waals surface area contributed by atoms with E-state index in [0.29, 0.717) is 41.0 Å². The van der Waals surface area contributed by atoms with Gasteiger partial charge < -0.3 is 19.7 Å². The molecule has 0 spiro atoms. The molecule has 1 aliphatic heterocycles. The first-order valence-electron chi connectivity index (χ1n) is 9.12. The number of piperidine rings is 1. The molecular formula is C20H23N5O3. The molecule has 2 aromatic rings. The Labute approximate surface area is 164 Å². The summed E-state index contributed by atoms with van der Waals surface area (Å²) >= 11 is 0. The number of ether oxygens (including phenoxy) is 2. The average molecular weight is 381 g/mol. The topological polar surface area (TPSA) is 100 Å². The second-order valence-corrected chi connectivity index (χ2v) is 6.55. The van der Waals surface area contributed by atoms with Gasteiger partial charge in [0.2, 0.25) is 0 Å². The summed E-state index contributed by atoms with van der Waals surface area (Å²) in [5.74, 6) is 2.00. The number of carbonyl (C=O) groups is 1. The number of hydrogen-bond donors (Lipinski definition) is 1. The Morgan fingerprint density at radius 3 is 2.61 bits per heavy atom. The van der Waals surface area contributed by atoms with Gasteiger partial charge in [0.25, 0.3) is 5.91 Å². The first-order valence-corrected chi connectivity index (χ1v) is 9.12. The third-order valence-electron chi connectivity index (χ3n) is 4.90. The third kappa shape index (κ3) is 4.31. The van der Waals surface area contributed by atoms with Crippen molar-refractivity contribution >= 4 is 11.7 Å². The maximum Gasteiger partial charge on any atom is 0.251 e. The van der Waals surface area contributed by atoms with Gasteiger partial charge in [-0.25, -0.2) is 9.97 Å². The summed E-state index contributed by atoms with van der Waals surface area (Å²) in [7, 11) is 3.10. The highest BCUT2D eigenvalue weighted by Crippen LogP contribution is 2.27. The monoisotopic (exact) mass is 381 g/mol. The van der Waals surface area contributed by atoms with Crippen LogP contribution in [-0.4, -0.2) is 49.7 Å². The highest BCUT2D eigenvalue weighted by molar-refractivity contribution is 5.94. The van der Waals surface area contributed by atoms with Gasteiger partial charge in [0.15, 0.2) is 23.0 Å². The number of amides is 1. The number of hydrogen-bond acceptors (Lipinski definition) is 7. The molecule has 3 rings (SSSR count). The molecule has 1 saturated heterocycles. The lowest BCUT2D eigenvalue weighted by Gasteiger charge is -2.32. The average Bonchev–Trinajstić information content (AvgIpc) is 2.77. The van der Waals surface area contributed by atoms with E-state index in [-0.39, 0.29) is 5.91 Å². The summed E-state index contributed by atoms with van der Waals surface area (Å²) in [6, 6.07) is 7.20. The van der Waals surface area contributed by atoms with Crippen LogP contribution in [-0.2, 0) is 0 Å². The van der Waals surface area contributed by atoms with Crippen LogP contribution in [0, 0.1) is 17.2 Å². The van der Waals surface area contributed by atoms with Crippen LogP contribution in [0.5, 0.6) is 11.5 Å². The van der Waals surface area contributed by atoms with Gasteiger partial charge in [-0.1, -0.05) is 0 Å². The van der Waals surface area contributed by atoms with Crippen LogP contribution >= 0.6 is 0 Å². The molecule has 1 N–H and O–H groups in total. The zero-order valence-electron chi connectivity index (χ0n) is 16.0. The molecule has 0 atom stereocenters. The number of aromatic nitrogens is 2. The molecule has 0 aliphatic carbocycles. The summed E-state index contributed by atoms with van der Waals surface area (Å²) in [6.07, 6.45) is 4.95. The predicted octanol–water partition coefficient (Wildman–Crippen LogP) is 2.01. The highest BCUT2D eigenvalue weighted by Gasteiger charge is 2.23. The maximum atomic E-state index is 12.5. The molecule has 146 valence electrons. The van der Waals surface area contributed by atoms with Crippen LogP contribution in [0.1, 0.15) is 28.9 Å². The van der Waals surface area contributed by atoms with Gasteiger partial charge >= 0.3 is 0 Å². The fraction of sp³-hybridized carbons (Fsp3) is 0.400. The van der Waals surface area contributed by atoms with E-state index in [0.717, 1.165) is 25.9 Å². The fourth-order valence-corrected chi connectivity index (χ4v) is 3.31. The summed E-state index contributed by atoms with van der Waals surface area (Å²) in [5.41, 5.74) is 0.885. The quantitative estimate of drug-likeness (QED) is 0.817. The van der Waals surface area contributed by atoms with Crippen molar-refractivity contribution in [2.75, 3.05) is 38.8 Å². The Hall–Kier alpha value is -3.34. The van der Waals surface area contributed by atoms with Crippen LogP contribution < -0.4 is 19.7 Å². The molecule has 1 aliphatic rings. The highest BCUT2D eigenvalue weighted by atomic mass is 16.5. The van der Waals surface area contributed by atoms with Gasteiger partial charge in [0.05, 0.1) is 14.2 Å². The van der Waals surface area contributed by atoms with Gasteiger partial charge in [0.1, 0.15) is 6.07 Å². The number of benzene rings is 1. The van der Waals surface area contributed by atoms with Crippen LogP contribution in [0.15, 0.2) is 30.6 Å². The molecule has 0 bridgehead atoms. The molecule has 1 fully saturated rings. The first kappa shape index (κ1) is 19.4. The van der Waals surface area contributed by atoms with Gasteiger partial charge in [-0.3, -0.25) is 4.79 Å². The summed E-state index contributed by atoms with van der Waals surface area (Å²) in [6.45, 7) is 2.17. The number of carbonyl (C=O) groups excluding carboxylic acids is 1. The van der Waals surface area contributed by atoms with Crippen molar-refractivity contribution in [2.24, 2.45) is 5.92 Å². The second kappa shape index (κ2) is 9.04. The smallest absolute Gasteiger partial charge is 0.251 e. The molecule has 0 radical (unpaired) electrons. The van der Waals surface area contributed by atoms with Crippen molar-refractivity contribution in [3.63, 3.8) is 0 Å². The number of anilines is 1. The predicted molar refractivity (Wildman–Crippen MR) is 104 cm³/mol. The number of nitrogens with one attached hydrogen (secondary N) is 1. The Morgan fingerprint density at radius 1 is 1.21 bits per heavy atom. The fourth-order valence-electron chi connectivity index (χ4n) is 3.31. The van der Waals surface area contributed by atoms with Gasteiger partial charge in [0, 0.05) is 37.6 Å². The van der Waals surface area contributed by atoms with Gasteiger partial charge in [-0.2, -0.15) is 5.26 Å². The minimum atomic E-state index is -0.135. The molecule has 8 nitrogen and oxygen atoms in total. The van der Waals surface area contributed by atoms with E-state index < -0.39 is 0 Å². The molecule has 0 unspecified atom stereocenters. The Balaban J connectivity index is 1.53. The molecule has 28 heavy (non-hydrogen) atoms. The molecule has 8 heteroatoms. The van der Waals surface area contributed by atoms with Crippen molar-refractivity contribution in [1.82, 2.24) is 15.3 Å². The van der Waals surface area contributed by atoms with E-state index in [1.165, 1.54) is 6.20 Å². The van der Waals surface area contributed by atoms with Crippen LogP contribution in [0.3, 0.4) is 0 Å². The van der Waals surface area contributed by atoms with Gasteiger partial charge in [-0.05, 0) is 37.0 Å². The molecule has 0 saturated carbocycles. The second-order valence-electron chi connectivity index (χ2n) is 6.55. The van der Waals surface area contributed by atoms with E-state index >= 15 is 0 Å².